The molecule has 0 atom stereocenters. The topological polar surface area (TPSA) is 36.7 Å². The normalized spacial score (nSPS) is 10.9. The highest BCUT2D eigenvalue weighted by atomic mass is 32.2. The van der Waals surface area contributed by atoms with E-state index in [4.69, 9.17) is 5.26 Å². The molecule has 1 aromatic heterocycles. The van der Waals surface area contributed by atoms with Gasteiger partial charge in [0.15, 0.2) is 0 Å². The number of rotatable bonds is 2. The summed E-state index contributed by atoms with van der Waals surface area (Å²) in [5.74, 6) is 0. The first-order valence-electron chi connectivity index (χ1n) is 4.02. The van der Waals surface area contributed by atoms with Crippen molar-refractivity contribution in [3.05, 3.63) is 23.9 Å². The minimum atomic E-state index is -0.452. The lowest BCUT2D eigenvalue weighted by Gasteiger charge is -2.17. The molecule has 0 fully saturated rings. The zero-order valence-electron chi connectivity index (χ0n) is 8.03. The average molecular weight is 192 g/mol. The third-order valence-electron chi connectivity index (χ3n) is 1.92. The van der Waals surface area contributed by atoms with Crippen molar-refractivity contribution in [2.24, 2.45) is 0 Å². The van der Waals surface area contributed by atoms with Crippen LogP contribution < -0.4 is 0 Å². The van der Waals surface area contributed by atoms with E-state index in [9.17, 15) is 0 Å². The van der Waals surface area contributed by atoms with Crippen LogP contribution >= 0.6 is 11.8 Å². The number of pyridine rings is 1. The van der Waals surface area contributed by atoms with E-state index in [1.54, 1.807) is 18.0 Å². The number of nitriles is 1. The highest BCUT2D eigenvalue weighted by molar-refractivity contribution is 7.98. The Morgan fingerprint density at radius 3 is 2.77 bits per heavy atom. The third kappa shape index (κ3) is 2.02. The summed E-state index contributed by atoms with van der Waals surface area (Å²) in [6.07, 6.45) is 3.72. The SMILES string of the molecule is CSc1ncccc1C(C)(C)C#N. The van der Waals surface area contributed by atoms with E-state index < -0.39 is 5.41 Å². The van der Waals surface area contributed by atoms with Gasteiger partial charge >= 0.3 is 0 Å². The number of aromatic nitrogens is 1. The molecule has 0 aliphatic carbocycles. The van der Waals surface area contributed by atoms with Gasteiger partial charge in [0.05, 0.1) is 11.5 Å². The van der Waals surface area contributed by atoms with Gasteiger partial charge in [0.25, 0.3) is 0 Å². The van der Waals surface area contributed by atoms with Crippen LogP contribution in [0.5, 0.6) is 0 Å². The smallest absolute Gasteiger partial charge is 0.100 e. The van der Waals surface area contributed by atoms with E-state index in [1.165, 1.54) is 0 Å². The second-order valence-electron chi connectivity index (χ2n) is 3.30. The van der Waals surface area contributed by atoms with Crippen LogP contribution in [0.3, 0.4) is 0 Å². The van der Waals surface area contributed by atoms with E-state index in [2.05, 4.69) is 11.1 Å². The summed E-state index contributed by atoms with van der Waals surface area (Å²) in [4.78, 5) is 4.22. The van der Waals surface area contributed by atoms with Gasteiger partial charge in [-0.1, -0.05) is 6.07 Å². The number of thioether (sulfide) groups is 1. The fourth-order valence-corrected chi connectivity index (χ4v) is 1.80. The fourth-order valence-electron chi connectivity index (χ4n) is 1.09. The average Bonchev–Trinajstić information content (AvgIpc) is 2.18. The lowest BCUT2D eigenvalue weighted by Crippen LogP contribution is -2.15. The molecule has 0 amide bonds. The van der Waals surface area contributed by atoms with Crippen LogP contribution in [0.15, 0.2) is 23.4 Å². The maximum atomic E-state index is 8.98. The molecule has 2 nitrogen and oxygen atoms in total. The molecular formula is C10H12N2S. The predicted molar refractivity (Wildman–Crippen MR) is 54.7 cm³/mol. The quantitative estimate of drug-likeness (QED) is 0.676. The van der Waals surface area contributed by atoms with Crippen molar-refractivity contribution in [2.45, 2.75) is 24.3 Å². The van der Waals surface area contributed by atoms with Crippen molar-refractivity contribution in [1.82, 2.24) is 4.98 Å². The van der Waals surface area contributed by atoms with Gasteiger partial charge in [-0.15, -0.1) is 11.8 Å². The summed E-state index contributed by atoms with van der Waals surface area (Å²) in [6, 6.07) is 6.11. The first-order chi connectivity index (χ1) is 6.11. The second kappa shape index (κ2) is 3.80. The molecule has 0 unspecified atom stereocenters. The van der Waals surface area contributed by atoms with Gasteiger partial charge in [0.1, 0.15) is 5.03 Å². The number of hydrogen-bond donors (Lipinski definition) is 0. The summed E-state index contributed by atoms with van der Waals surface area (Å²) in [6.45, 7) is 3.81. The molecule has 0 saturated heterocycles. The van der Waals surface area contributed by atoms with Crippen molar-refractivity contribution >= 4 is 11.8 Å². The zero-order chi connectivity index (χ0) is 9.90. The van der Waals surface area contributed by atoms with Crippen molar-refractivity contribution in [3.8, 4) is 6.07 Å². The zero-order valence-corrected chi connectivity index (χ0v) is 8.85. The highest BCUT2D eigenvalue weighted by Crippen LogP contribution is 2.28. The van der Waals surface area contributed by atoms with Crippen LogP contribution in [0.2, 0.25) is 0 Å². The van der Waals surface area contributed by atoms with E-state index in [1.807, 2.05) is 32.2 Å². The molecule has 0 radical (unpaired) electrons. The Hall–Kier alpha value is -1.01. The van der Waals surface area contributed by atoms with Crippen molar-refractivity contribution in [1.29, 1.82) is 5.26 Å². The summed E-state index contributed by atoms with van der Waals surface area (Å²) >= 11 is 1.58. The molecule has 13 heavy (non-hydrogen) atoms. The van der Waals surface area contributed by atoms with Crippen LogP contribution in [-0.4, -0.2) is 11.2 Å². The van der Waals surface area contributed by atoms with Gasteiger partial charge < -0.3 is 0 Å². The predicted octanol–water partition coefficient (Wildman–Crippen LogP) is 2.60. The Bertz CT molecular complexity index is 339. The molecule has 1 heterocycles. The van der Waals surface area contributed by atoms with E-state index >= 15 is 0 Å². The summed E-state index contributed by atoms with van der Waals surface area (Å²) < 4.78 is 0. The number of hydrogen-bond acceptors (Lipinski definition) is 3. The van der Waals surface area contributed by atoms with Gasteiger partial charge in [-0.25, -0.2) is 4.98 Å². The highest BCUT2D eigenvalue weighted by Gasteiger charge is 2.23. The summed E-state index contributed by atoms with van der Waals surface area (Å²) in [7, 11) is 0. The fraction of sp³-hybridized carbons (Fsp3) is 0.400. The monoisotopic (exact) mass is 192 g/mol. The van der Waals surface area contributed by atoms with E-state index in [0.29, 0.717) is 0 Å². The minimum Gasteiger partial charge on any atom is -0.250 e. The first-order valence-corrected chi connectivity index (χ1v) is 5.25. The Kier molecular flexibility index (Phi) is 2.94. The summed E-state index contributed by atoms with van der Waals surface area (Å²) in [5, 5.41) is 9.92. The maximum Gasteiger partial charge on any atom is 0.100 e. The van der Waals surface area contributed by atoms with E-state index in [-0.39, 0.29) is 0 Å². The standard InChI is InChI=1S/C10H12N2S/c1-10(2,7-11)8-5-4-6-12-9(8)13-3/h4-6H,1-3H3. The minimum absolute atomic E-state index is 0.452. The van der Waals surface area contributed by atoms with Crippen molar-refractivity contribution < 1.29 is 0 Å². The largest absolute Gasteiger partial charge is 0.250 e. The van der Waals surface area contributed by atoms with Crippen molar-refractivity contribution in [3.63, 3.8) is 0 Å². The molecule has 0 aliphatic heterocycles. The molecule has 3 heteroatoms. The summed E-state index contributed by atoms with van der Waals surface area (Å²) in [5.41, 5.74) is 0.553. The molecule has 0 bridgehead atoms. The molecule has 1 rings (SSSR count). The van der Waals surface area contributed by atoms with Gasteiger partial charge in [0, 0.05) is 11.8 Å². The molecule has 1 aromatic rings. The maximum absolute atomic E-state index is 8.98. The van der Waals surface area contributed by atoms with Crippen LogP contribution in [-0.2, 0) is 5.41 Å². The van der Waals surface area contributed by atoms with Gasteiger partial charge in [0.2, 0.25) is 0 Å². The second-order valence-corrected chi connectivity index (χ2v) is 4.09. The van der Waals surface area contributed by atoms with Crippen LogP contribution in [0.1, 0.15) is 19.4 Å². The Labute approximate surface area is 83.0 Å². The van der Waals surface area contributed by atoms with E-state index in [0.717, 1.165) is 10.6 Å². The van der Waals surface area contributed by atoms with Crippen LogP contribution in [0.25, 0.3) is 0 Å². The van der Waals surface area contributed by atoms with Gasteiger partial charge in [-0.05, 0) is 26.2 Å². The molecule has 0 spiro atoms. The Morgan fingerprint density at radius 1 is 1.54 bits per heavy atom. The van der Waals surface area contributed by atoms with Crippen LogP contribution in [0.4, 0.5) is 0 Å². The molecule has 0 N–H and O–H groups in total. The molecule has 68 valence electrons. The Morgan fingerprint density at radius 2 is 2.23 bits per heavy atom. The first kappa shape index (κ1) is 10.1. The molecular weight excluding hydrogens is 180 g/mol. The van der Waals surface area contributed by atoms with Crippen LogP contribution in [0, 0.1) is 11.3 Å². The number of nitrogens with zero attached hydrogens (tertiary/aromatic N) is 2. The van der Waals surface area contributed by atoms with Gasteiger partial charge in [-0.2, -0.15) is 5.26 Å². The molecule has 0 aromatic carbocycles. The lowest BCUT2D eigenvalue weighted by molar-refractivity contribution is 0.661. The lowest BCUT2D eigenvalue weighted by atomic mass is 9.88. The Balaban J connectivity index is 3.22. The van der Waals surface area contributed by atoms with Crippen molar-refractivity contribution in [2.75, 3.05) is 6.26 Å². The third-order valence-corrected chi connectivity index (χ3v) is 2.63. The van der Waals surface area contributed by atoms with Gasteiger partial charge in [-0.3, -0.25) is 0 Å². The molecule has 0 aliphatic rings. The molecule has 0 saturated carbocycles.